The molecule has 0 bridgehead atoms. The fourth-order valence-corrected chi connectivity index (χ4v) is 3.66. The first-order valence-corrected chi connectivity index (χ1v) is 11.6. The lowest BCUT2D eigenvalue weighted by atomic mass is 10.1. The predicted molar refractivity (Wildman–Crippen MR) is 113 cm³/mol. The molecule has 1 rings (SSSR count). The third kappa shape index (κ3) is 11.5. The first kappa shape index (κ1) is 25.6. The van der Waals surface area contributed by atoms with Gasteiger partial charge in [0.15, 0.2) is 0 Å². The van der Waals surface area contributed by atoms with Crippen molar-refractivity contribution in [3.63, 3.8) is 0 Å². The summed E-state index contributed by atoms with van der Waals surface area (Å²) < 4.78 is 11.0. The minimum atomic E-state index is -1.00. The molecular weight excluding hydrogens is 356 g/mol. The van der Waals surface area contributed by atoms with Gasteiger partial charge in [-0.25, -0.2) is 0 Å². The van der Waals surface area contributed by atoms with Gasteiger partial charge in [-0.1, -0.05) is 76.9 Å². The SMILES string of the molecule is CCC/C=C/CCCCCCCCCCCCO[C@H]1[C@@H]([C@H](O)CO)OC[C@@H]1O. The van der Waals surface area contributed by atoms with Crippen molar-refractivity contribution in [1.82, 2.24) is 0 Å². The van der Waals surface area contributed by atoms with Crippen LogP contribution < -0.4 is 0 Å². The van der Waals surface area contributed by atoms with Crippen molar-refractivity contribution in [2.45, 2.75) is 115 Å². The van der Waals surface area contributed by atoms with Crippen LogP contribution in [-0.4, -0.2) is 59.6 Å². The molecule has 0 radical (unpaired) electrons. The summed E-state index contributed by atoms with van der Waals surface area (Å²) >= 11 is 0. The molecule has 1 aliphatic rings. The zero-order valence-electron chi connectivity index (χ0n) is 17.9. The number of rotatable bonds is 18. The number of aliphatic hydroxyl groups excluding tert-OH is 3. The number of hydrogen-bond acceptors (Lipinski definition) is 5. The molecule has 166 valence electrons. The minimum absolute atomic E-state index is 0.155. The van der Waals surface area contributed by atoms with Crippen molar-refractivity contribution in [3.8, 4) is 0 Å². The zero-order chi connectivity index (χ0) is 20.5. The van der Waals surface area contributed by atoms with Crippen molar-refractivity contribution >= 4 is 0 Å². The number of hydrogen-bond donors (Lipinski definition) is 3. The van der Waals surface area contributed by atoms with Gasteiger partial charge in [0, 0.05) is 6.61 Å². The Hall–Kier alpha value is -0.460. The molecule has 0 spiro atoms. The van der Waals surface area contributed by atoms with Crippen LogP contribution in [-0.2, 0) is 9.47 Å². The van der Waals surface area contributed by atoms with E-state index in [-0.39, 0.29) is 13.2 Å². The van der Waals surface area contributed by atoms with Gasteiger partial charge in [-0.15, -0.1) is 0 Å². The molecule has 0 aliphatic carbocycles. The van der Waals surface area contributed by atoms with E-state index in [2.05, 4.69) is 19.1 Å². The van der Waals surface area contributed by atoms with Crippen molar-refractivity contribution in [2.75, 3.05) is 19.8 Å². The van der Waals surface area contributed by atoms with Crippen LogP contribution in [0.25, 0.3) is 0 Å². The average Bonchev–Trinajstić information content (AvgIpc) is 3.07. The summed E-state index contributed by atoms with van der Waals surface area (Å²) in [4.78, 5) is 0. The van der Waals surface area contributed by atoms with Gasteiger partial charge >= 0.3 is 0 Å². The smallest absolute Gasteiger partial charge is 0.114 e. The van der Waals surface area contributed by atoms with E-state index in [9.17, 15) is 10.2 Å². The molecule has 1 aliphatic heterocycles. The molecule has 5 heteroatoms. The van der Waals surface area contributed by atoms with Crippen molar-refractivity contribution in [2.24, 2.45) is 0 Å². The Morgan fingerprint density at radius 3 is 2.11 bits per heavy atom. The fourth-order valence-electron chi connectivity index (χ4n) is 3.66. The Bertz CT molecular complexity index is 374. The highest BCUT2D eigenvalue weighted by molar-refractivity contribution is 4.89. The molecule has 1 fully saturated rings. The Balaban J connectivity index is 1.86. The fraction of sp³-hybridized carbons (Fsp3) is 0.913. The van der Waals surface area contributed by atoms with E-state index in [1.807, 2.05) is 0 Å². The van der Waals surface area contributed by atoms with Crippen molar-refractivity contribution < 1.29 is 24.8 Å². The van der Waals surface area contributed by atoms with Crippen LogP contribution in [0.5, 0.6) is 0 Å². The van der Waals surface area contributed by atoms with E-state index in [0.29, 0.717) is 6.61 Å². The first-order valence-electron chi connectivity index (χ1n) is 11.6. The van der Waals surface area contributed by atoms with Crippen LogP contribution in [0.4, 0.5) is 0 Å². The maximum atomic E-state index is 9.88. The standard InChI is InChI=1S/C23H44O5/c1-2-3-4-5-6-7-8-9-10-11-12-13-14-15-16-17-27-23-21(26)19-28-22(23)20(25)18-24/h4-5,20-26H,2-3,6-19H2,1H3/b5-4+/t20-,21+,22-,23-/m1/s1. The molecule has 28 heavy (non-hydrogen) atoms. The lowest BCUT2D eigenvalue weighted by Crippen LogP contribution is -2.42. The Morgan fingerprint density at radius 1 is 0.929 bits per heavy atom. The molecule has 0 aromatic rings. The van der Waals surface area contributed by atoms with Gasteiger partial charge in [0.25, 0.3) is 0 Å². The summed E-state index contributed by atoms with van der Waals surface area (Å²) in [6, 6.07) is 0. The van der Waals surface area contributed by atoms with Crippen LogP contribution in [0.3, 0.4) is 0 Å². The number of allylic oxidation sites excluding steroid dienone is 2. The molecule has 0 unspecified atom stereocenters. The highest BCUT2D eigenvalue weighted by atomic mass is 16.6. The normalized spacial score (nSPS) is 23.6. The van der Waals surface area contributed by atoms with Gasteiger partial charge in [0.1, 0.15) is 24.4 Å². The maximum Gasteiger partial charge on any atom is 0.114 e. The third-order valence-electron chi connectivity index (χ3n) is 5.43. The molecule has 1 heterocycles. The molecule has 1 saturated heterocycles. The average molecular weight is 401 g/mol. The monoisotopic (exact) mass is 400 g/mol. The summed E-state index contributed by atoms with van der Waals surface area (Å²) in [6.45, 7) is 2.55. The molecule has 4 atom stereocenters. The molecular formula is C23H44O5. The van der Waals surface area contributed by atoms with E-state index >= 15 is 0 Å². The summed E-state index contributed by atoms with van der Waals surface area (Å²) in [6.07, 6.45) is 18.1. The topological polar surface area (TPSA) is 79.2 Å². The summed E-state index contributed by atoms with van der Waals surface area (Å²) in [5, 5.41) is 28.6. The molecule has 3 N–H and O–H groups in total. The largest absolute Gasteiger partial charge is 0.394 e. The quantitative estimate of drug-likeness (QED) is 0.238. The van der Waals surface area contributed by atoms with Crippen LogP contribution in [0.2, 0.25) is 0 Å². The van der Waals surface area contributed by atoms with Crippen LogP contribution in [0.15, 0.2) is 12.2 Å². The first-order chi connectivity index (χ1) is 13.7. The van der Waals surface area contributed by atoms with Crippen LogP contribution >= 0.6 is 0 Å². The van der Waals surface area contributed by atoms with Gasteiger partial charge in [-0.2, -0.15) is 0 Å². The van der Waals surface area contributed by atoms with E-state index in [1.165, 1.54) is 70.6 Å². The van der Waals surface area contributed by atoms with Gasteiger partial charge in [-0.05, 0) is 25.7 Å². The van der Waals surface area contributed by atoms with Crippen molar-refractivity contribution in [1.29, 1.82) is 0 Å². The van der Waals surface area contributed by atoms with Gasteiger partial charge in [-0.3, -0.25) is 0 Å². The Kier molecular flexibility index (Phi) is 15.9. The highest BCUT2D eigenvalue weighted by Gasteiger charge is 2.40. The number of unbranched alkanes of at least 4 members (excludes halogenated alkanes) is 11. The van der Waals surface area contributed by atoms with E-state index < -0.39 is 24.4 Å². The van der Waals surface area contributed by atoms with Gasteiger partial charge < -0.3 is 24.8 Å². The highest BCUT2D eigenvalue weighted by Crippen LogP contribution is 2.21. The lowest BCUT2D eigenvalue weighted by molar-refractivity contribution is -0.0938. The second-order valence-electron chi connectivity index (χ2n) is 8.03. The van der Waals surface area contributed by atoms with E-state index in [1.54, 1.807) is 0 Å². The number of aliphatic hydroxyl groups is 3. The summed E-state index contributed by atoms with van der Waals surface area (Å²) in [5.41, 5.74) is 0. The summed E-state index contributed by atoms with van der Waals surface area (Å²) in [5.74, 6) is 0. The number of ether oxygens (including phenoxy) is 2. The zero-order valence-corrected chi connectivity index (χ0v) is 17.9. The molecule has 0 aromatic carbocycles. The van der Waals surface area contributed by atoms with Gasteiger partial charge in [0.05, 0.1) is 13.2 Å². The second-order valence-corrected chi connectivity index (χ2v) is 8.03. The predicted octanol–water partition coefficient (Wildman–Crippen LogP) is 4.13. The van der Waals surface area contributed by atoms with Gasteiger partial charge in [0.2, 0.25) is 0 Å². The molecule has 0 amide bonds. The molecule has 0 aromatic heterocycles. The lowest BCUT2D eigenvalue weighted by Gasteiger charge is -2.23. The van der Waals surface area contributed by atoms with E-state index in [4.69, 9.17) is 14.6 Å². The molecule has 0 saturated carbocycles. The van der Waals surface area contributed by atoms with Crippen LogP contribution in [0.1, 0.15) is 90.4 Å². The molecule has 5 nitrogen and oxygen atoms in total. The van der Waals surface area contributed by atoms with Crippen molar-refractivity contribution in [3.05, 3.63) is 12.2 Å². The minimum Gasteiger partial charge on any atom is -0.394 e. The Labute approximate surface area is 172 Å². The Morgan fingerprint density at radius 2 is 1.50 bits per heavy atom. The van der Waals surface area contributed by atoms with E-state index in [0.717, 1.165) is 12.8 Å². The third-order valence-corrected chi connectivity index (χ3v) is 5.43. The van der Waals surface area contributed by atoms with Crippen LogP contribution in [0, 0.1) is 0 Å². The maximum absolute atomic E-state index is 9.88. The second kappa shape index (κ2) is 17.4. The summed E-state index contributed by atoms with van der Waals surface area (Å²) in [7, 11) is 0.